The van der Waals surface area contributed by atoms with Crippen LogP contribution in [-0.4, -0.2) is 19.7 Å². The van der Waals surface area contributed by atoms with Crippen LogP contribution < -0.4 is 5.32 Å². The highest BCUT2D eigenvalue weighted by molar-refractivity contribution is 5.69. The van der Waals surface area contributed by atoms with Gasteiger partial charge in [-0.3, -0.25) is 9.67 Å². The molecule has 4 rings (SSSR count). The van der Waals surface area contributed by atoms with Crippen molar-refractivity contribution in [3.8, 4) is 22.5 Å². The van der Waals surface area contributed by atoms with Gasteiger partial charge in [-0.25, -0.2) is 4.98 Å². The molecule has 1 N–H and O–H groups in total. The SMILES string of the molecule is Cn1nc(-c2ccccn2)cc1Nc1cc(-c2ccccc2)ccn1. The van der Waals surface area contributed by atoms with Crippen molar-refractivity contribution in [2.75, 3.05) is 5.32 Å². The predicted octanol–water partition coefficient (Wildman–Crippen LogP) is 4.29. The Labute approximate surface area is 146 Å². The van der Waals surface area contributed by atoms with Gasteiger partial charge in [-0.05, 0) is 35.4 Å². The number of aromatic nitrogens is 4. The van der Waals surface area contributed by atoms with E-state index < -0.39 is 0 Å². The Morgan fingerprint density at radius 2 is 1.60 bits per heavy atom. The molecule has 0 fully saturated rings. The molecule has 3 aromatic heterocycles. The lowest BCUT2D eigenvalue weighted by Crippen LogP contribution is -2.00. The second-order valence-corrected chi connectivity index (χ2v) is 5.67. The van der Waals surface area contributed by atoms with Crippen LogP contribution in [0.5, 0.6) is 0 Å². The van der Waals surface area contributed by atoms with Crippen molar-refractivity contribution in [2.24, 2.45) is 7.05 Å². The third-order valence-corrected chi connectivity index (χ3v) is 3.93. The number of pyridine rings is 2. The molecule has 0 spiro atoms. The Morgan fingerprint density at radius 3 is 2.40 bits per heavy atom. The smallest absolute Gasteiger partial charge is 0.132 e. The van der Waals surface area contributed by atoms with Gasteiger partial charge >= 0.3 is 0 Å². The third-order valence-electron chi connectivity index (χ3n) is 3.93. The molecule has 1 aromatic carbocycles. The minimum Gasteiger partial charge on any atom is -0.325 e. The van der Waals surface area contributed by atoms with E-state index in [2.05, 4.69) is 32.5 Å². The van der Waals surface area contributed by atoms with Gasteiger partial charge in [0, 0.05) is 25.5 Å². The summed E-state index contributed by atoms with van der Waals surface area (Å²) in [6.45, 7) is 0. The molecular weight excluding hydrogens is 310 g/mol. The van der Waals surface area contributed by atoms with E-state index in [4.69, 9.17) is 0 Å². The van der Waals surface area contributed by atoms with Crippen molar-refractivity contribution < 1.29 is 0 Å². The largest absolute Gasteiger partial charge is 0.325 e. The van der Waals surface area contributed by atoms with Crippen molar-refractivity contribution >= 4 is 11.6 Å². The molecule has 0 aliphatic carbocycles. The number of anilines is 2. The summed E-state index contributed by atoms with van der Waals surface area (Å²) in [6.07, 6.45) is 3.57. The van der Waals surface area contributed by atoms with E-state index in [0.29, 0.717) is 0 Å². The van der Waals surface area contributed by atoms with Gasteiger partial charge < -0.3 is 5.32 Å². The highest BCUT2D eigenvalue weighted by Gasteiger charge is 2.09. The molecule has 0 saturated carbocycles. The number of hydrogen-bond donors (Lipinski definition) is 1. The number of nitrogens with one attached hydrogen (secondary N) is 1. The number of aryl methyl sites for hydroxylation is 1. The van der Waals surface area contributed by atoms with Crippen molar-refractivity contribution in [1.82, 2.24) is 19.7 Å². The molecule has 122 valence electrons. The van der Waals surface area contributed by atoms with Crippen molar-refractivity contribution in [1.29, 1.82) is 0 Å². The van der Waals surface area contributed by atoms with E-state index in [1.807, 2.05) is 61.6 Å². The second-order valence-electron chi connectivity index (χ2n) is 5.67. The number of hydrogen-bond acceptors (Lipinski definition) is 4. The number of rotatable bonds is 4. The quantitative estimate of drug-likeness (QED) is 0.607. The molecule has 0 bridgehead atoms. The van der Waals surface area contributed by atoms with E-state index in [1.165, 1.54) is 0 Å². The van der Waals surface area contributed by atoms with Gasteiger partial charge in [0.25, 0.3) is 0 Å². The second kappa shape index (κ2) is 6.57. The van der Waals surface area contributed by atoms with E-state index >= 15 is 0 Å². The summed E-state index contributed by atoms with van der Waals surface area (Å²) in [4.78, 5) is 8.76. The lowest BCUT2D eigenvalue weighted by molar-refractivity contribution is 0.778. The van der Waals surface area contributed by atoms with Crippen LogP contribution in [0.2, 0.25) is 0 Å². The fraction of sp³-hybridized carbons (Fsp3) is 0.0500. The first-order valence-corrected chi connectivity index (χ1v) is 8.03. The summed E-state index contributed by atoms with van der Waals surface area (Å²) in [5.74, 6) is 1.63. The van der Waals surface area contributed by atoms with Crippen LogP contribution >= 0.6 is 0 Å². The van der Waals surface area contributed by atoms with Gasteiger partial charge in [0.2, 0.25) is 0 Å². The fourth-order valence-electron chi connectivity index (χ4n) is 2.66. The average Bonchev–Trinajstić information content (AvgIpc) is 3.04. The summed E-state index contributed by atoms with van der Waals surface area (Å²) in [7, 11) is 1.90. The van der Waals surface area contributed by atoms with E-state index in [1.54, 1.807) is 17.1 Å². The van der Waals surface area contributed by atoms with Crippen LogP contribution in [0.3, 0.4) is 0 Å². The topological polar surface area (TPSA) is 55.6 Å². The van der Waals surface area contributed by atoms with E-state index in [0.717, 1.165) is 34.2 Å². The Bertz CT molecular complexity index is 977. The molecule has 0 aliphatic rings. The monoisotopic (exact) mass is 327 g/mol. The van der Waals surface area contributed by atoms with Crippen molar-refractivity contribution in [2.45, 2.75) is 0 Å². The summed E-state index contributed by atoms with van der Waals surface area (Å²) < 4.78 is 1.79. The summed E-state index contributed by atoms with van der Waals surface area (Å²) >= 11 is 0. The molecule has 0 atom stereocenters. The Kier molecular flexibility index (Phi) is 3.96. The normalized spacial score (nSPS) is 10.6. The van der Waals surface area contributed by atoms with Gasteiger partial charge in [0.05, 0.1) is 5.69 Å². The zero-order valence-electron chi connectivity index (χ0n) is 13.8. The van der Waals surface area contributed by atoms with Crippen LogP contribution in [0.15, 0.2) is 79.1 Å². The Hall–Kier alpha value is -3.47. The molecule has 4 aromatic rings. The summed E-state index contributed by atoms with van der Waals surface area (Å²) in [6, 6.07) is 22.0. The average molecular weight is 327 g/mol. The molecule has 0 aliphatic heterocycles. The van der Waals surface area contributed by atoms with E-state index in [-0.39, 0.29) is 0 Å². The van der Waals surface area contributed by atoms with Gasteiger partial charge in [0.1, 0.15) is 17.3 Å². The summed E-state index contributed by atoms with van der Waals surface area (Å²) in [5.41, 5.74) is 3.94. The highest BCUT2D eigenvalue weighted by Crippen LogP contribution is 2.24. The molecule has 25 heavy (non-hydrogen) atoms. The van der Waals surface area contributed by atoms with Gasteiger partial charge in [-0.15, -0.1) is 0 Å². The molecule has 0 unspecified atom stereocenters. The number of benzene rings is 1. The first-order chi connectivity index (χ1) is 12.3. The van der Waals surface area contributed by atoms with E-state index in [9.17, 15) is 0 Å². The van der Waals surface area contributed by atoms with Crippen molar-refractivity contribution in [3.05, 3.63) is 79.1 Å². The van der Waals surface area contributed by atoms with Gasteiger partial charge in [-0.1, -0.05) is 36.4 Å². The highest BCUT2D eigenvalue weighted by atomic mass is 15.3. The molecule has 0 radical (unpaired) electrons. The fourth-order valence-corrected chi connectivity index (χ4v) is 2.66. The minimum atomic E-state index is 0.775. The van der Waals surface area contributed by atoms with Crippen molar-refractivity contribution in [3.63, 3.8) is 0 Å². The van der Waals surface area contributed by atoms with Crippen LogP contribution in [0, 0.1) is 0 Å². The predicted molar refractivity (Wildman–Crippen MR) is 99.4 cm³/mol. The lowest BCUT2D eigenvalue weighted by atomic mass is 10.1. The molecule has 5 heteroatoms. The molecule has 0 saturated heterocycles. The number of nitrogens with zero attached hydrogens (tertiary/aromatic N) is 4. The first kappa shape index (κ1) is 15.1. The Balaban J connectivity index is 1.62. The third kappa shape index (κ3) is 3.26. The molecule has 0 amide bonds. The first-order valence-electron chi connectivity index (χ1n) is 8.03. The zero-order valence-corrected chi connectivity index (χ0v) is 13.8. The van der Waals surface area contributed by atoms with Crippen LogP contribution in [0.25, 0.3) is 22.5 Å². The maximum absolute atomic E-state index is 4.52. The van der Waals surface area contributed by atoms with Crippen LogP contribution in [0.4, 0.5) is 11.6 Å². The maximum atomic E-state index is 4.52. The molecular formula is C20H17N5. The minimum absolute atomic E-state index is 0.775. The van der Waals surface area contributed by atoms with Gasteiger partial charge in [-0.2, -0.15) is 5.10 Å². The Morgan fingerprint density at radius 1 is 0.760 bits per heavy atom. The lowest BCUT2D eigenvalue weighted by Gasteiger charge is -2.07. The van der Waals surface area contributed by atoms with Crippen LogP contribution in [0.1, 0.15) is 0 Å². The molecule has 5 nitrogen and oxygen atoms in total. The van der Waals surface area contributed by atoms with Gasteiger partial charge in [0.15, 0.2) is 0 Å². The molecule has 3 heterocycles. The standard InChI is InChI=1S/C20H17N5/c1-25-20(14-18(24-25)17-9-5-6-11-21-17)23-19-13-16(10-12-22-19)15-7-3-2-4-8-15/h2-14H,1H3,(H,22,23). The maximum Gasteiger partial charge on any atom is 0.132 e. The van der Waals surface area contributed by atoms with Crippen LogP contribution in [-0.2, 0) is 7.05 Å². The zero-order chi connectivity index (χ0) is 17.1. The summed E-state index contributed by atoms with van der Waals surface area (Å²) in [5, 5.41) is 7.86.